The molecule has 17 heavy (non-hydrogen) atoms. The molecule has 0 aliphatic carbocycles. The van der Waals surface area contributed by atoms with E-state index in [2.05, 4.69) is 46.0 Å². The van der Waals surface area contributed by atoms with Gasteiger partial charge in [-0.25, -0.2) is 4.99 Å². The Morgan fingerprint density at radius 1 is 1.18 bits per heavy atom. The van der Waals surface area contributed by atoms with Crippen LogP contribution in [0.4, 0.5) is 0 Å². The normalized spacial score (nSPS) is 10.0. The lowest BCUT2D eigenvalue weighted by molar-refractivity contribution is 0.479. The summed E-state index contributed by atoms with van der Waals surface area (Å²) < 4.78 is 1.15. The van der Waals surface area contributed by atoms with Crippen LogP contribution in [0, 0.1) is 6.92 Å². The first-order chi connectivity index (χ1) is 7.93. The van der Waals surface area contributed by atoms with E-state index in [0.29, 0.717) is 6.54 Å². The molecule has 0 heterocycles. The Hall–Kier alpha value is -1.03. The number of benzene rings is 1. The van der Waals surface area contributed by atoms with Crippen molar-refractivity contribution in [3.63, 3.8) is 0 Å². The minimum atomic E-state index is 0.688. The Morgan fingerprint density at radius 3 is 2.29 bits per heavy atom. The molecule has 3 nitrogen and oxygen atoms in total. The summed E-state index contributed by atoms with van der Waals surface area (Å²) in [5.41, 5.74) is 2.46. The number of rotatable bonds is 2. The van der Waals surface area contributed by atoms with E-state index in [-0.39, 0.29) is 0 Å². The van der Waals surface area contributed by atoms with Gasteiger partial charge < -0.3 is 9.80 Å². The fraction of sp³-hybridized carbons (Fsp3) is 0.462. The van der Waals surface area contributed by atoms with Gasteiger partial charge in [0.15, 0.2) is 5.96 Å². The highest BCUT2D eigenvalue weighted by Crippen LogP contribution is 2.21. The summed E-state index contributed by atoms with van der Waals surface area (Å²) in [5, 5.41) is 0. The fourth-order valence-electron chi connectivity index (χ4n) is 1.67. The molecule has 0 N–H and O–H groups in total. The lowest BCUT2D eigenvalue weighted by atomic mass is 10.1. The van der Waals surface area contributed by atoms with Crippen molar-refractivity contribution >= 4 is 21.9 Å². The second-order valence-corrected chi connectivity index (χ2v) is 5.25. The zero-order valence-electron chi connectivity index (χ0n) is 11.2. The molecule has 0 unspecified atom stereocenters. The van der Waals surface area contributed by atoms with Gasteiger partial charge in [0, 0.05) is 32.7 Å². The predicted molar refractivity (Wildman–Crippen MR) is 77.4 cm³/mol. The lowest BCUT2D eigenvalue weighted by Gasteiger charge is -2.22. The van der Waals surface area contributed by atoms with Gasteiger partial charge in [0.05, 0.1) is 6.54 Å². The van der Waals surface area contributed by atoms with Crippen molar-refractivity contribution in [3.8, 4) is 0 Å². The van der Waals surface area contributed by atoms with E-state index in [0.717, 1.165) is 10.4 Å². The zero-order valence-corrected chi connectivity index (χ0v) is 12.7. The van der Waals surface area contributed by atoms with Crippen LogP contribution in [-0.4, -0.2) is 44.0 Å². The maximum absolute atomic E-state index is 4.63. The molecular weight excluding hydrogens is 278 g/mol. The maximum Gasteiger partial charge on any atom is 0.195 e. The van der Waals surface area contributed by atoms with Crippen molar-refractivity contribution < 1.29 is 0 Å². The third-order valence-corrected chi connectivity index (χ3v) is 3.60. The number of aryl methyl sites for hydroxylation is 1. The van der Waals surface area contributed by atoms with Gasteiger partial charge in [-0.3, -0.25) is 0 Å². The van der Waals surface area contributed by atoms with Gasteiger partial charge in [0.25, 0.3) is 0 Å². The Balaban J connectivity index is 2.91. The van der Waals surface area contributed by atoms with Gasteiger partial charge in [-0.05, 0) is 18.1 Å². The highest BCUT2D eigenvalue weighted by molar-refractivity contribution is 9.10. The maximum atomic E-state index is 4.63. The zero-order chi connectivity index (χ0) is 13.0. The van der Waals surface area contributed by atoms with Crippen molar-refractivity contribution in [1.29, 1.82) is 0 Å². The molecule has 1 aromatic rings. The van der Waals surface area contributed by atoms with Gasteiger partial charge >= 0.3 is 0 Å². The Kier molecular flexibility index (Phi) is 5.00. The molecule has 0 saturated carbocycles. The Morgan fingerprint density at radius 2 is 1.76 bits per heavy atom. The molecule has 0 amide bonds. The first-order valence-corrected chi connectivity index (χ1v) is 6.36. The van der Waals surface area contributed by atoms with E-state index in [1.54, 1.807) is 0 Å². The third-order valence-electron chi connectivity index (χ3n) is 2.46. The van der Waals surface area contributed by atoms with Gasteiger partial charge in [0.1, 0.15) is 0 Å². The number of hydrogen-bond acceptors (Lipinski definition) is 1. The summed E-state index contributed by atoms with van der Waals surface area (Å²) in [6.07, 6.45) is 0. The second-order valence-electron chi connectivity index (χ2n) is 4.45. The fourth-order valence-corrected chi connectivity index (χ4v) is 2.06. The van der Waals surface area contributed by atoms with Crippen LogP contribution < -0.4 is 0 Å². The molecule has 0 aromatic heterocycles. The molecule has 0 bridgehead atoms. The molecular formula is C13H20BrN3. The first kappa shape index (κ1) is 14.0. The molecule has 1 aromatic carbocycles. The van der Waals surface area contributed by atoms with Gasteiger partial charge in [-0.2, -0.15) is 0 Å². The standard InChI is InChI=1S/C13H20BrN3/c1-10-7-6-8-11(12(10)14)9-15-13(16(2)3)17(4)5/h6-8H,9H2,1-5H3. The number of nitrogens with zero attached hydrogens (tertiary/aromatic N) is 3. The smallest absolute Gasteiger partial charge is 0.195 e. The first-order valence-electron chi connectivity index (χ1n) is 5.56. The Labute approximate surface area is 112 Å². The average molecular weight is 298 g/mol. The van der Waals surface area contributed by atoms with Crippen LogP contribution in [0.5, 0.6) is 0 Å². The van der Waals surface area contributed by atoms with Gasteiger partial charge in [0.2, 0.25) is 0 Å². The van der Waals surface area contributed by atoms with Crippen molar-refractivity contribution in [2.45, 2.75) is 13.5 Å². The van der Waals surface area contributed by atoms with E-state index in [4.69, 9.17) is 0 Å². The Bertz CT molecular complexity index is 401. The molecule has 0 radical (unpaired) electrons. The highest BCUT2D eigenvalue weighted by atomic mass is 79.9. The molecule has 0 aliphatic rings. The van der Waals surface area contributed by atoms with Crippen LogP contribution in [0.3, 0.4) is 0 Å². The highest BCUT2D eigenvalue weighted by Gasteiger charge is 2.06. The van der Waals surface area contributed by atoms with Crippen LogP contribution in [0.2, 0.25) is 0 Å². The van der Waals surface area contributed by atoms with Crippen molar-refractivity contribution in [1.82, 2.24) is 9.80 Å². The molecule has 0 atom stereocenters. The van der Waals surface area contributed by atoms with Crippen molar-refractivity contribution in [3.05, 3.63) is 33.8 Å². The van der Waals surface area contributed by atoms with E-state index in [1.165, 1.54) is 11.1 Å². The van der Waals surface area contributed by atoms with Gasteiger partial charge in [-0.15, -0.1) is 0 Å². The summed E-state index contributed by atoms with van der Waals surface area (Å²) in [6, 6.07) is 6.26. The van der Waals surface area contributed by atoms with Gasteiger partial charge in [-0.1, -0.05) is 34.1 Å². The lowest BCUT2D eigenvalue weighted by Crippen LogP contribution is -2.35. The van der Waals surface area contributed by atoms with Crippen LogP contribution in [0.1, 0.15) is 11.1 Å². The largest absolute Gasteiger partial charge is 0.349 e. The summed E-state index contributed by atoms with van der Waals surface area (Å²) in [7, 11) is 8.02. The molecule has 0 aliphatic heterocycles. The number of hydrogen-bond donors (Lipinski definition) is 0. The minimum absolute atomic E-state index is 0.688. The number of aliphatic imine (C=N–C) groups is 1. The van der Waals surface area contributed by atoms with Crippen LogP contribution >= 0.6 is 15.9 Å². The van der Waals surface area contributed by atoms with E-state index in [9.17, 15) is 0 Å². The second kappa shape index (κ2) is 6.05. The van der Waals surface area contributed by atoms with Crippen LogP contribution in [-0.2, 0) is 6.54 Å². The molecule has 1 rings (SSSR count). The van der Waals surface area contributed by atoms with E-state index >= 15 is 0 Å². The summed E-state index contributed by atoms with van der Waals surface area (Å²) in [5.74, 6) is 0.971. The van der Waals surface area contributed by atoms with E-state index in [1.807, 2.05) is 38.0 Å². The third kappa shape index (κ3) is 3.73. The SMILES string of the molecule is Cc1cccc(CN=C(N(C)C)N(C)C)c1Br. The topological polar surface area (TPSA) is 18.8 Å². The summed E-state index contributed by atoms with van der Waals surface area (Å²) >= 11 is 3.61. The quantitative estimate of drug-likeness (QED) is 0.617. The number of halogens is 1. The summed E-state index contributed by atoms with van der Waals surface area (Å²) in [6.45, 7) is 2.78. The number of guanidine groups is 1. The molecule has 94 valence electrons. The average Bonchev–Trinajstić information content (AvgIpc) is 2.23. The molecule has 4 heteroatoms. The minimum Gasteiger partial charge on any atom is -0.349 e. The monoisotopic (exact) mass is 297 g/mol. The molecule has 0 fully saturated rings. The van der Waals surface area contributed by atoms with E-state index < -0.39 is 0 Å². The van der Waals surface area contributed by atoms with Crippen LogP contribution in [0.25, 0.3) is 0 Å². The summed E-state index contributed by atoms with van der Waals surface area (Å²) in [4.78, 5) is 8.67. The van der Waals surface area contributed by atoms with Crippen molar-refractivity contribution in [2.24, 2.45) is 4.99 Å². The predicted octanol–water partition coefficient (Wildman–Crippen LogP) is 2.74. The van der Waals surface area contributed by atoms with Crippen molar-refractivity contribution in [2.75, 3.05) is 28.2 Å². The molecule has 0 spiro atoms. The van der Waals surface area contributed by atoms with Crippen LogP contribution in [0.15, 0.2) is 27.7 Å². The molecule has 0 saturated heterocycles.